The van der Waals surface area contributed by atoms with Crippen LogP contribution in [0.3, 0.4) is 0 Å². The van der Waals surface area contributed by atoms with Crippen LogP contribution < -0.4 is 10.2 Å². The molecule has 0 bridgehead atoms. The largest absolute Gasteiger partial charge is 0.353 e. The van der Waals surface area contributed by atoms with Crippen LogP contribution in [0.2, 0.25) is 0 Å². The molecule has 1 N–H and O–H groups in total. The summed E-state index contributed by atoms with van der Waals surface area (Å²) >= 11 is 0. The first-order valence-electron chi connectivity index (χ1n) is 8.11. The smallest absolute Gasteiger partial charge is 0.227 e. The molecule has 0 radical (unpaired) electrons. The van der Waals surface area contributed by atoms with Crippen molar-refractivity contribution < 1.29 is 14.1 Å². The van der Waals surface area contributed by atoms with Gasteiger partial charge in [-0.2, -0.15) is 4.98 Å². The number of aromatic nitrogens is 2. The molecule has 24 heavy (non-hydrogen) atoms. The van der Waals surface area contributed by atoms with Crippen LogP contribution >= 0.6 is 0 Å². The molecule has 1 aliphatic heterocycles. The highest BCUT2D eigenvalue weighted by Gasteiger charge is 2.37. The van der Waals surface area contributed by atoms with Crippen LogP contribution in [0.4, 0.5) is 5.69 Å². The Labute approximate surface area is 139 Å². The minimum atomic E-state index is -0.283. The number of nitrogens with zero attached hydrogens (tertiary/aromatic N) is 3. The van der Waals surface area contributed by atoms with Crippen LogP contribution in [-0.2, 0) is 9.59 Å². The first kappa shape index (κ1) is 14.9. The number of rotatable bonds is 4. The molecule has 7 nitrogen and oxygen atoms in total. The Balaban J connectivity index is 1.53. The van der Waals surface area contributed by atoms with E-state index in [9.17, 15) is 9.59 Å². The molecule has 1 aliphatic carbocycles. The van der Waals surface area contributed by atoms with Crippen LogP contribution in [0, 0.1) is 12.8 Å². The van der Waals surface area contributed by atoms with Crippen LogP contribution in [0.15, 0.2) is 28.8 Å². The van der Waals surface area contributed by atoms with E-state index < -0.39 is 0 Å². The molecule has 2 amide bonds. The predicted octanol–water partition coefficient (Wildman–Crippen LogP) is 1.68. The van der Waals surface area contributed by atoms with E-state index in [2.05, 4.69) is 15.5 Å². The Morgan fingerprint density at radius 1 is 1.38 bits per heavy atom. The fourth-order valence-corrected chi connectivity index (χ4v) is 2.91. The Morgan fingerprint density at radius 3 is 2.92 bits per heavy atom. The summed E-state index contributed by atoms with van der Waals surface area (Å²) < 4.78 is 5.00. The minimum absolute atomic E-state index is 0.0155. The summed E-state index contributed by atoms with van der Waals surface area (Å²) in [4.78, 5) is 30.4. The van der Waals surface area contributed by atoms with Crippen LogP contribution in [0.1, 0.15) is 25.2 Å². The first-order chi connectivity index (χ1) is 11.6. The van der Waals surface area contributed by atoms with Crippen molar-refractivity contribution in [2.24, 2.45) is 5.92 Å². The van der Waals surface area contributed by atoms with E-state index in [1.54, 1.807) is 11.8 Å². The number of hydrogen-bond acceptors (Lipinski definition) is 5. The molecule has 1 saturated carbocycles. The number of carbonyl (C=O) groups excluding carboxylic acids is 2. The normalized spacial score (nSPS) is 20.5. The second-order valence-corrected chi connectivity index (χ2v) is 6.38. The van der Waals surface area contributed by atoms with E-state index in [0.717, 1.165) is 24.1 Å². The van der Waals surface area contributed by atoms with Crippen molar-refractivity contribution >= 4 is 17.5 Å². The number of hydrogen-bond donors (Lipinski definition) is 1. The minimum Gasteiger partial charge on any atom is -0.353 e. The van der Waals surface area contributed by atoms with E-state index in [1.165, 1.54) is 0 Å². The maximum Gasteiger partial charge on any atom is 0.227 e. The van der Waals surface area contributed by atoms with Gasteiger partial charge in [-0.05, 0) is 25.0 Å². The van der Waals surface area contributed by atoms with Gasteiger partial charge in [0.05, 0.1) is 5.92 Å². The number of aryl methyl sites for hydroxylation is 1. The number of carbonyl (C=O) groups is 2. The molecular formula is C17H18N4O3. The number of benzene rings is 1. The lowest BCUT2D eigenvalue weighted by atomic mass is 10.1. The maximum atomic E-state index is 12.3. The van der Waals surface area contributed by atoms with E-state index in [-0.39, 0.29) is 24.2 Å². The monoisotopic (exact) mass is 326 g/mol. The SMILES string of the molecule is Cc1nc(-c2cccc(N3CC(C(=O)NC4CC4)CC3=O)c2)no1. The number of nitrogens with one attached hydrogen (secondary N) is 1. The summed E-state index contributed by atoms with van der Waals surface area (Å²) in [6.45, 7) is 2.14. The topological polar surface area (TPSA) is 88.3 Å². The molecule has 1 atom stereocenters. The average molecular weight is 326 g/mol. The van der Waals surface area contributed by atoms with Gasteiger partial charge in [0.2, 0.25) is 23.5 Å². The van der Waals surface area contributed by atoms with E-state index in [0.29, 0.717) is 24.3 Å². The molecule has 1 aromatic carbocycles. The third-order valence-corrected chi connectivity index (χ3v) is 4.36. The van der Waals surface area contributed by atoms with Crippen molar-refractivity contribution in [3.63, 3.8) is 0 Å². The van der Waals surface area contributed by atoms with Gasteiger partial charge in [-0.15, -0.1) is 0 Å². The van der Waals surface area contributed by atoms with Gasteiger partial charge in [-0.1, -0.05) is 17.3 Å². The zero-order valence-electron chi connectivity index (χ0n) is 13.4. The molecule has 2 aliphatic rings. The van der Waals surface area contributed by atoms with Gasteiger partial charge in [-0.3, -0.25) is 9.59 Å². The van der Waals surface area contributed by atoms with E-state index in [4.69, 9.17) is 4.52 Å². The van der Waals surface area contributed by atoms with Crippen molar-refractivity contribution in [2.45, 2.75) is 32.2 Å². The Bertz CT molecular complexity index is 797. The zero-order chi connectivity index (χ0) is 16.7. The molecule has 2 aromatic rings. The van der Waals surface area contributed by atoms with Crippen molar-refractivity contribution in [3.8, 4) is 11.4 Å². The third-order valence-electron chi connectivity index (χ3n) is 4.36. The Morgan fingerprint density at radius 2 is 2.21 bits per heavy atom. The number of anilines is 1. The molecule has 2 fully saturated rings. The van der Waals surface area contributed by atoms with Crippen molar-refractivity contribution in [2.75, 3.05) is 11.4 Å². The van der Waals surface area contributed by atoms with Gasteiger partial charge in [0.15, 0.2) is 0 Å². The lowest BCUT2D eigenvalue weighted by Gasteiger charge is -2.17. The first-order valence-corrected chi connectivity index (χ1v) is 8.11. The quantitative estimate of drug-likeness (QED) is 0.923. The summed E-state index contributed by atoms with van der Waals surface area (Å²) in [5.74, 6) is 0.647. The predicted molar refractivity (Wildman–Crippen MR) is 86.1 cm³/mol. The Kier molecular flexibility index (Phi) is 3.55. The van der Waals surface area contributed by atoms with Gasteiger partial charge < -0.3 is 14.7 Å². The molecule has 2 heterocycles. The molecule has 1 unspecified atom stereocenters. The summed E-state index contributed by atoms with van der Waals surface area (Å²) in [6.07, 6.45) is 2.34. The molecule has 1 aromatic heterocycles. The van der Waals surface area contributed by atoms with Gasteiger partial charge in [0.25, 0.3) is 0 Å². The summed E-state index contributed by atoms with van der Waals surface area (Å²) in [5, 5.41) is 6.88. The molecule has 7 heteroatoms. The van der Waals surface area contributed by atoms with Crippen molar-refractivity contribution in [1.29, 1.82) is 0 Å². The fourth-order valence-electron chi connectivity index (χ4n) is 2.91. The summed E-state index contributed by atoms with van der Waals surface area (Å²) in [7, 11) is 0. The zero-order valence-corrected chi connectivity index (χ0v) is 13.4. The standard InChI is InChI=1S/C17H18N4O3/c1-10-18-16(20-24-10)11-3-2-4-14(7-11)21-9-12(8-15(21)22)17(23)19-13-5-6-13/h2-4,7,12-13H,5-6,8-9H2,1H3,(H,19,23). The van der Waals surface area contributed by atoms with Crippen LogP contribution in [0.25, 0.3) is 11.4 Å². The highest BCUT2D eigenvalue weighted by Crippen LogP contribution is 2.29. The lowest BCUT2D eigenvalue weighted by Crippen LogP contribution is -2.34. The summed E-state index contributed by atoms with van der Waals surface area (Å²) in [5.41, 5.74) is 1.53. The average Bonchev–Trinajstić information content (AvgIpc) is 3.13. The van der Waals surface area contributed by atoms with Gasteiger partial charge in [0, 0.05) is 37.2 Å². The van der Waals surface area contributed by atoms with Gasteiger partial charge in [-0.25, -0.2) is 0 Å². The van der Waals surface area contributed by atoms with Gasteiger partial charge in [0.1, 0.15) is 0 Å². The highest BCUT2D eigenvalue weighted by molar-refractivity contribution is 6.00. The van der Waals surface area contributed by atoms with Crippen LogP contribution in [0.5, 0.6) is 0 Å². The molecule has 4 rings (SSSR count). The lowest BCUT2D eigenvalue weighted by molar-refractivity contribution is -0.126. The van der Waals surface area contributed by atoms with Gasteiger partial charge >= 0.3 is 0 Å². The Hall–Kier alpha value is -2.70. The third kappa shape index (κ3) is 2.89. The molecular weight excluding hydrogens is 308 g/mol. The molecule has 0 spiro atoms. The van der Waals surface area contributed by atoms with Crippen molar-refractivity contribution in [3.05, 3.63) is 30.2 Å². The molecule has 1 saturated heterocycles. The second-order valence-electron chi connectivity index (χ2n) is 6.38. The maximum absolute atomic E-state index is 12.3. The van der Waals surface area contributed by atoms with E-state index in [1.807, 2.05) is 24.3 Å². The highest BCUT2D eigenvalue weighted by atomic mass is 16.5. The fraction of sp³-hybridized carbons (Fsp3) is 0.412. The molecule has 124 valence electrons. The second kappa shape index (κ2) is 5.74. The van der Waals surface area contributed by atoms with Crippen LogP contribution in [-0.4, -0.2) is 34.5 Å². The number of amides is 2. The van der Waals surface area contributed by atoms with E-state index >= 15 is 0 Å². The summed E-state index contributed by atoms with van der Waals surface area (Å²) in [6, 6.07) is 7.73. The van der Waals surface area contributed by atoms with Crippen molar-refractivity contribution in [1.82, 2.24) is 15.5 Å².